The molecule has 0 amide bonds. The van der Waals surface area contributed by atoms with E-state index in [2.05, 4.69) is 38.7 Å². The molecule has 0 aromatic heterocycles. The van der Waals surface area contributed by atoms with Crippen LogP contribution in [0.3, 0.4) is 0 Å². The molecule has 23 heavy (non-hydrogen) atoms. The molecule has 3 aliphatic rings. The Morgan fingerprint density at radius 3 is 2.78 bits per heavy atom. The number of nitrogens with one attached hydrogen (secondary N) is 2. The molecule has 6 atom stereocenters. The Hall–Kier alpha value is -1.14. The second-order valence-electron chi connectivity index (χ2n) is 8.10. The van der Waals surface area contributed by atoms with Gasteiger partial charge in [-0.2, -0.15) is 5.43 Å². The number of hydrogen-bond acceptors (Lipinski definition) is 5. The number of methoxy groups -OCH3 is 1. The molecular weight excluding hydrogens is 292 g/mol. The van der Waals surface area contributed by atoms with Crippen LogP contribution in [0.15, 0.2) is 4.99 Å². The number of rotatable bonds is 2. The van der Waals surface area contributed by atoms with Gasteiger partial charge in [-0.05, 0) is 57.8 Å². The van der Waals surface area contributed by atoms with Crippen molar-refractivity contribution < 1.29 is 9.58 Å². The summed E-state index contributed by atoms with van der Waals surface area (Å²) in [5.74, 6) is 1.42. The van der Waals surface area contributed by atoms with Crippen molar-refractivity contribution in [2.45, 2.75) is 70.6 Å². The zero-order valence-corrected chi connectivity index (χ0v) is 14.9. The van der Waals surface area contributed by atoms with Crippen LogP contribution < -0.4 is 11.0 Å². The van der Waals surface area contributed by atoms with Crippen LogP contribution in [0.2, 0.25) is 0 Å². The molecule has 0 spiro atoms. The van der Waals surface area contributed by atoms with E-state index in [1.807, 2.05) is 7.11 Å². The van der Waals surface area contributed by atoms with E-state index in [4.69, 9.17) is 9.73 Å². The summed E-state index contributed by atoms with van der Waals surface area (Å²) in [6.45, 7) is 8.88. The van der Waals surface area contributed by atoms with Crippen LogP contribution in [0, 0.1) is 23.0 Å². The summed E-state index contributed by atoms with van der Waals surface area (Å²) in [7, 11) is 1.81. The molecule has 0 aromatic rings. The van der Waals surface area contributed by atoms with Crippen molar-refractivity contribution in [2.75, 3.05) is 7.11 Å². The number of aliphatic imine (C=N–C) groups is 1. The van der Waals surface area contributed by atoms with Gasteiger partial charge in [0.05, 0.1) is 17.2 Å². The van der Waals surface area contributed by atoms with Crippen LogP contribution in [-0.4, -0.2) is 41.1 Å². The Labute approximate surface area is 138 Å². The number of hydrazone groups is 1. The molecule has 6 unspecified atom stereocenters. The smallest absolute Gasteiger partial charge is 0.187 e. The van der Waals surface area contributed by atoms with Crippen LogP contribution >= 0.6 is 0 Å². The Kier molecular flexibility index (Phi) is 4.17. The number of nitrogens with zero attached hydrogens (tertiary/aromatic N) is 2. The first-order chi connectivity index (χ1) is 10.8. The van der Waals surface area contributed by atoms with Crippen LogP contribution in [0.25, 0.3) is 0 Å². The summed E-state index contributed by atoms with van der Waals surface area (Å²) in [6.07, 6.45) is 5.62. The van der Waals surface area contributed by atoms with E-state index < -0.39 is 0 Å². The van der Waals surface area contributed by atoms with Crippen molar-refractivity contribution in [1.82, 2.24) is 11.0 Å². The van der Waals surface area contributed by atoms with E-state index in [0.717, 1.165) is 30.5 Å². The Morgan fingerprint density at radius 2 is 2.17 bits per heavy atom. The van der Waals surface area contributed by atoms with Crippen LogP contribution in [-0.2, 0) is 4.74 Å². The lowest BCUT2D eigenvalue weighted by Crippen LogP contribution is -2.67. The third-order valence-electron chi connectivity index (χ3n) is 6.37. The van der Waals surface area contributed by atoms with Crippen molar-refractivity contribution >= 4 is 11.9 Å². The van der Waals surface area contributed by atoms with Gasteiger partial charge in [-0.3, -0.25) is 4.99 Å². The van der Waals surface area contributed by atoms with E-state index in [0.29, 0.717) is 17.8 Å². The molecule has 0 radical (unpaired) electrons. The molecule has 6 nitrogen and oxygen atoms in total. The molecule has 6 heteroatoms. The molecule has 2 aliphatic heterocycles. The monoisotopic (exact) mass is 322 g/mol. The highest BCUT2D eigenvalue weighted by Crippen LogP contribution is 2.51. The average Bonchev–Trinajstić information content (AvgIpc) is 2.51. The van der Waals surface area contributed by atoms with Gasteiger partial charge in [-0.1, -0.05) is 11.8 Å². The molecule has 3 rings (SSSR count). The maximum Gasteiger partial charge on any atom is 0.187 e. The fourth-order valence-electron chi connectivity index (χ4n) is 5.28. The van der Waals surface area contributed by atoms with E-state index in [1.54, 1.807) is 6.21 Å². The van der Waals surface area contributed by atoms with Crippen molar-refractivity contribution in [1.29, 1.82) is 0 Å². The van der Waals surface area contributed by atoms with Crippen molar-refractivity contribution in [2.24, 2.45) is 22.7 Å². The largest absolute Gasteiger partial charge is 0.596 e. The summed E-state index contributed by atoms with van der Waals surface area (Å²) < 4.78 is 5.94. The standard InChI is InChI=1S/C17H30N4O2/c1-11-10-17(4,23-5)15-13(7-6-12(2)18-15)14(11)16(3)8-9-21(22)20-19-16/h9,11,13-15,19-20H,6-8,10H2,1-5H3. The molecule has 0 bridgehead atoms. The van der Waals surface area contributed by atoms with Gasteiger partial charge in [0.25, 0.3) is 0 Å². The molecule has 2 heterocycles. The minimum absolute atomic E-state index is 0.140. The first-order valence-corrected chi connectivity index (χ1v) is 8.70. The lowest BCUT2D eigenvalue weighted by atomic mass is 9.56. The maximum atomic E-state index is 11.4. The Balaban J connectivity index is 1.96. The van der Waals surface area contributed by atoms with Gasteiger partial charge < -0.3 is 9.94 Å². The highest BCUT2D eigenvalue weighted by Gasteiger charge is 2.56. The second kappa shape index (κ2) is 5.74. The number of ether oxygens (including phenoxy) is 1. The van der Waals surface area contributed by atoms with Gasteiger partial charge in [0.1, 0.15) is 0 Å². The van der Waals surface area contributed by atoms with Crippen LogP contribution in [0.1, 0.15) is 53.4 Å². The number of hydrazine groups is 2. The van der Waals surface area contributed by atoms with Crippen LogP contribution in [0.5, 0.6) is 0 Å². The first kappa shape index (κ1) is 16.7. The maximum absolute atomic E-state index is 11.4. The quantitative estimate of drug-likeness (QED) is 0.603. The zero-order chi connectivity index (χ0) is 16.8. The molecule has 1 aliphatic carbocycles. The Bertz CT molecular complexity index is 535. The SMILES string of the molecule is COC1(C)CC(C)C(C2(C)CC=[N+]([O-])NN2)C2CCC(C)=NC21. The highest BCUT2D eigenvalue weighted by molar-refractivity contribution is 5.82. The van der Waals surface area contributed by atoms with Gasteiger partial charge in [0.15, 0.2) is 6.21 Å². The zero-order valence-electron chi connectivity index (χ0n) is 14.9. The highest BCUT2D eigenvalue weighted by atomic mass is 16.5. The van der Waals surface area contributed by atoms with Crippen molar-refractivity contribution in [3.63, 3.8) is 0 Å². The van der Waals surface area contributed by atoms with E-state index in [9.17, 15) is 5.21 Å². The van der Waals surface area contributed by atoms with Gasteiger partial charge >= 0.3 is 0 Å². The van der Waals surface area contributed by atoms with Gasteiger partial charge in [0.2, 0.25) is 0 Å². The first-order valence-electron chi connectivity index (χ1n) is 8.70. The normalized spacial score (nSPS) is 47.2. The molecular formula is C17H30N4O2. The predicted molar refractivity (Wildman–Crippen MR) is 91.3 cm³/mol. The van der Waals surface area contributed by atoms with E-state index >= 15 is 0 Å². The molecule has 1 fully saturated rings. The summed E-state index contributed by atoms with van der Waals surface area (Å²) in [4.78, 5) is 5.77. The molecule has 1 saturated carbocycles. The van der Waals surface area contributed by atoms with Crippen molar-refractivity contribution in [3.05, 3.63) is 5.21 Å². The average molecular weight is 322 g/mol. The molecule has 2 N–H and O–H groups in total. The van der Waals surface area contributed by atoms with Gasteiger partial charge in [-0.25, -0.2) is 0 Å². The minimum atomic E-state index is -0.199. The lowest BCUT2D eigenvalue weighted by molar-refractivity contribution is -0.541. The third-order valence-corrected chi connectivity index (χ3v) is 6.37. The van der Waals surface area contributed by atoms with E-state index in [1.165, 1.54) is 5.71 Å². The topological polar surface area (TPSA) is 71.7 Å². The lowest BCUT2D eigenvalue weighted by Gasteiger charge is -2.56. The summed E-state index contributed by atoms with van der Waals surface area (Å²) in [6, 6.07) is 0.200. The summed E-state index contributed by atoms with van der Waals surface area (Å²) in [5.41, 5.74) is 6.91. The van der Waals surface area contributed by atoms with Gasteiger partial charge in [-0.15, -0.1) is 5.53 Å². The van der Waals surface area contributed by atoms with Crippen LogP contribution in [0.4, 0.5) is 0 Å². The number of hydrogen-bond donors (Lipinski definition) is 2. The third kappa shape index (κ3) is 2.76. The summed E-state index contributed by atoms with van der Waals surface area (Å²) >= 11 is 0. The fraction of sp³-hybridized carbons (Fsp3) is 0.882. The predicted octanol–water partition coefficient (Wildman–Crippen LogP) is 2.04. The Morgan fingerprint density at radius 1 is 1.43 bits per heavy atom. The van der Waals surface area contributed by atoms with Gasteiger partial charge in [0, 0.05) is 19.2 Å². The molecule has 0 aromatic carbocycles. The molecule has 0 saturated heterocycles. The van der Waals surface area contributed by atoms with Crippen molar-refractivity contribution in [3.8, 4) is 0 Å². The van der Waals surface area contributed by atoms with E-state index in [-0.39, 0.29) is 17.2 Å². The fourth-order valence-corrected chi connectivity index (χ4v) is 5.28. The molecule has 130 valence electrons. The summed E-state index contributed by atoms with van der Waals surface area (Å²) in [5, 5.41) is 11.4. The minimum Gasteiger partial charge on any atom is -0.596 e. The second-order valence-corrected chi connectivity index (χ2v) is 8.10. The number of fused-ring (bicyclic) bond motifs is 1.